The fourth-order valence-corrected chi connectivity index (χ4v) is 3.12. The first-order valence-corrected chi connectivity index (χ1v) is 7.85. The second kappa shape index (κ2) is 7.58. The molecule has 0 aliphatic carbocycles. The van der Waals surface area contributed by atoms with Crippen molar-refractivity contribution in [2.75, 3.05) is 26.1 Å². The van der Waals surface area contributed by atoms with Crippen molar-refractivity contribution < 1.29 is 17.9 Å². The fourth-order valence-electron chi connectivity index (χ4n) is 1.91. The number of nitrogens with one attached hydrogen (secondary N) is 2. The smallest absolute Gasteiger partial charge is 0.242 e. The van der Waals surface area contributed by atoms with Crippen molar-refractivity contribution in [2.24, 2.45) is 0 Å². The van der Waals surface area contributed by atoms with Gasteiger partial charge in [-0.25, -0.2) is 13.1 Å². The maximum atomic E-state index is 12.1. The number of para-hydroxylation sites is 1. The van der Waals surface area contributed by atoms with Gasteiger partial charge in [-0.2, -0.15) is 0 Å². The molecule has 20 heavy (non-hydrogen) atoms. The van der Waals surface area contributed by atoms with Crippen LogP contribution in [0.5, 0.6) is 0 Å². The third kappa shape index (κ3) is 4.17. The Morgan fingerprint density at radius 2 is 1.80 bits per heavy atom. The number of sulfonamides is 1. The lowest BCUT2D eigenvalue weighted by molar-refractivity contribution is -0.109. The molecule has 1 atom stereocenters. The predicted molar refractivity (Wildman–Crippen MR) is 78.2 cm³/mol. The third-order valence-electron chi connectivity index (χ3n) is 2.77. The van der Waals surface area contributed by atoms with E-state index in [0.29, 0.717) is 12.2 Å². The molecule has 7 heteroatoms. The predicted octanol–water partition coefficient (Wildman–Crippen LogP) is 1.40. The molecule has 0 amide bonds. The topological polar surface area (TPSA) is 76.7 Å². The van der Waals surface area contributed by atoms with Gasteiger partial charge in [0, 0.05) is 20.8 Å². The number of methoxy groups -OCH3 is 2. The van der Waals surface area contributed by atoms with Gasteiger partial charge in [0.05, 0.1) is 11.7 Å². The van der Waals surface area contributed by atoms with E-state index in [1.165, 1.54) is 14.2 Å². The molecular weight excluding hydrogens is 280 g/mol. The highest BCUT2D eigenvalue weighted by Crippen LogP contribution is 2.22. The lowest BCUT2D eigenvalue weighted by atomic mass is 10.2. The Balaban J connectivity index is 3.02. The van der Waals surface area contributed by atoms with Crippen LogP contribution in [0.15, 0.2) is 29.2 Å². The molecular formula is C13H22N2O4S. The summed E-state index contributed by atoms with van der Waals surface area (Å²) >= 11 is 0. The normalized spacial score (nSPS) is 13.4. The van der Waals surface area contributed by atoms with Crippen LogP contribution in [0.25, 0.3) is 0 Å². The molecule has 0 aromatic heterocycles. The van der Waals surface area contributed by atoms with E-state index in [-0.39, 0.29) is 10.9 Å². The molecule has 0 aliphatic rings. The molecule has 1 aromatic carbocycles. The van der Waals surface area contributed by atoms with Crippen LogP contribution in [-0.4, -0.2) is 41.5 Å². The van der Waals surface area contributed by atoms with Crippen LogP contribution in [0.1, 0.15) is 13.8 Å². The molecule has 0 spiro atoms. The molecule has 1 aromatic rings. The molecule has 0 radical (unpaired) electrons. The van der Waals surface area contributed by atoms with Gasteiger partial charge in [0.25, 0.3) is 0 Å². The molecule has 114 valence electrons. The lowest BCUT2D eigenvalue weighted by Gasteiger charge is -2.24. The maximum Gasteiger partial charge on any atom is 0.242 e. The zero-order chi connectivity index (χ0) is 15.2. The van der Waals surface area contributed by atoms with Crippen LogP contribution < -0.4 is 10.0 Å². The molecule has 0 fully saturated rings. The summed E-state index contributed by atoms with van der Waals surface area (Å²) in [7, 11) is -0.449. The first-order valence-electron chi connectivity index (χ1n) is 6.37. The van der Waals surface area contributed by atoms with E-state index in [9.17, 15) is 8.42 Å². The van der Waals surface area contributed by atoms with Gasteiger partial charge in [-0.15, -0.1) is 0 Å². The first-order chi connectivity index (χ1) is 9.46. The van der Waals surface area contributed by atoms with Crippen molar-refractivity contribution in [3.8, 4) is 0 Å². The summed E-state index contributed by atoms with van der Waals surface area (Å²) in [6, 6.07) is 6.52. The van der Waals surface area contributed by atoms with E-state index in [1.54, 1.807) is 31.2 Å². The standard InChI is InChI=1S/C13H22N2O4S/c1-5-14-20(16,17)12-9-7-6-8-11(12)15-10(2)13(18-3)19-4/h6-10,13-15H,5H2,1-4H3. The van der Waals surface area contributed by atoms with Crippen LogP contribution in [0.3, 0.4) is 0 Å². The average Bonchev–Trinajstić information content (AvgIpc) is 2.40. The summed E-state index contributed by atoms with van der Waals surface area (Å²) in [5.41, 5.74) is 0.514. The monoisotopic (exact) mass is 302 g/mol. The fraction of sp³-hybridized carbons (Fsp3) is 0.538. The molecule has 6 nitrogen and oxygen atoms in total. The minimum absolute atomic E-state index is 0.206. The Morgan fingerprint density at radius 3 is 2.35 bits per heavy atom. The van der Waals surface area contributed by atoms with E-state index in [0.717, 1.165) is 0 Å². The molecule has 0 aliphatic heterocycles. The maximum absolute atomic E-state index is 12.1. The molecule has 0 bridgehead atoms. The van der Waals surface area contributed by atoms with Crippen LogP contribution in [-0.2, 0) is 19.5 Å². The van der Waals surface area contributed by atoms with Gasteiger partial charge in [0.2, 0.25) is 10.0 Å². The Kier molecular flexibility index (Phi) is 6.41. The SMILES string of the molecule is CCNS(=O)(=O)c1ccccc1NC(C)C(OC)OC. The van der Waals surface area contributed by atoms with Gasteiger partial charge in [0.1, 0.15) is 4.90 Å². The molecule has 1 unspecified atom stereocenters. The highest BCUT2D eigenvalue weighted by Gasteiger charge is 2.21. The van der Waals surface area contributed by atoms with Crippen molar-refractivity contribution in [3.05, 3.63) is 24.3 Å². The van der Waals surface area contributed by atoms with E-state index >= 15 is 0 Å². The number of benzene rings is 1. The quantitative estimate of drug-likeness (QED) is 0.710. The highest BCUT2D eigenvalue weighted by molar-refractivity contribution is 7.89. The minimum Gasteiger partial charge on any atom is -0.376 e. The number of rotatable bonds is 8. The van der Waals surface area contributed by atoms with Crippen LogP contribution >= 0.6 is 0 Å². The van der Waals surface area contributed by atoms with E-state index in [2.05, 4.69) is 10.0 Å². The van der Waals surface area contributed by atoms with Crippen LogP contribution in [0, 0.1) is 0 Å². The molecule has 0 heterocycles. The molecule has 2 N–H and O–H groups in total. The van der Waals surface area contributed by atoms with Gasteiger partial charge in [-0.3, -0.25) is 0 Å². The van der Waals surface area contributed by atoms with Gasteiger partial charge in [-0.05, 0) is 19.1 Å². The van der Waals surface area contributed by atoms with Crippen molar-refractivity contribution in [1.82, 2.24) is 4.72 Å². The zero-order valence-corrected chi connectivity index (χ0v) is 13.0. The highest BCUT2D eigenvalue weighted by atomic mass is 32.2. The van der Waals surface area contributed by atoms with Crippen molar-refractivity contribution >= 4 is 15.7 Å². The Labute approximate surface area is 120 Å². The summed E-state index contributed by atoms with van der Waals surface area (Å²) < 4.78 is 37.1. The zero-order valence-electron chi connectivity index (χ0n) is 12.2. The van der Waals surface area contributed by atoms with Gasteiger partial charge in [0.15, 0.2) is 6.29 Å². The average molecular weight is 302 g/mol. The van der Waals surface area contributed by atoms with Crippen LogP contribution in [0.2, 0.25) is 0 Å². The first kappa shape index (κ1) is 16.9. The second-order valence-corrected chi connectivity index (χ2v) is 6.01. The summed E-state index contributed by atoms with van der Waals surface area (Å²) in [4.78, 5) is 0.208. The van der Waals surface area contributed by atoms with E-state index in [4.69, 9.17) is 9.47 Å². The summed E-state index contributed by atoms with van der Waals surface area (Å²) in [5, 5.41) is 3.11. The number of hydrogen-bond acceptors (Lipinski definition) is 5. The summed E-state index contributed by atoms with van der Waals surface area (Å²) in [6.45, 7) is 3.93. The Hall–Kier alpha value is -1.15. The van der Waals surface area contributed by atoms with Crippen molar-refractivity contribution in [2.45, 2.75) is 31.1 Å². The van der Waals surface area contributed by atoms with Crippen molar-refractivity contribution in [1.29, 1.82) is 0 Å². The molecule has 0 saturated carbocycles. The second-order valence-electron chi connectivity index (χ2n) is 4.27. The lowest BCUT2D eigenvalue weighted by Crippen LogP contribution is -2.34. The van der Waals surface area contributed by atoms with Crippen LogP contribution in [0.4, 0.5) is 5.69 Å². The molecule has 1 rings (SSSR count). The van der Waals surface area contributed by atoms with Crippen molar-refractivity contribution in [3.63, 3.8) is 0 Å². The van der Waals surface area contributed by atoms with E-state index in [1.807, 2.05) is 6.92 Å². The minimum atomic E-state index is -3.52. The number of ether oxygens (including phenoxy) is 2. The number of anilines is 1. The van der Waals surface area contributed by atoms with E-state index < -0.39 is 16.3 Å². The number of hydrogen-bond donors (Lipinski definition) is 2. The summed E-state index contributed by atoms with van der Waals surface area (Å²) in [5.74, 6) is 0. The third-order valence-corrected chi connectivity index (χ3v) is 4.37. The van der Waals surface area contributed by atoms with Gasteiger partial charge >= 0.3 is 0 Å². The Bertz CT molecular complexity index is 515. The summed E-state index contributed by atoms with van der Waals surface area (Å²) in [6.07, 6.45) is -0.468. The van der Waals surface area contributed by atoms with Gasteiger partial charge in [-0.1, -0.05) is 19.1 Å². The largest absolute Gasteiger partial charge is 0.376 e. The molecule has 0 saturated heterocycles. The van der Waals surface area contributed by atoms with Gasteiger partial charge < -0.3 is 14.8 Å². The Morgan fingerprint density at radius 1 is 1.20 bits per heavy atom.